The van der Waals surface area contributed by atoms with E-state index in [1.807, 2.05) is 23.1 Å². The summed E-state index contributed by atoms with van der Waals surface area (Å²) >= 11 is 0. The Balaban J connectivity index is 1.97. The van der Waals surface area contributed by atoms with Gasteiger partial charge in [-0.25, -0.2) is 8.78 Å². The molecule has 3 rings (SSSR count). The summed E-state index contributed by atoms with van der Waals surface area (Å²) in [5.74, 6) is -1.55. The molecule has 4 heteroatoms. The molecule has 2 nitrogen and oxygen atoms in total. The molecule has 108 valence electrons. The molecule has 0 fully saturated rings. The number of hydrogen-bond donors (Lipinski definition) is 0. The van der Waals surface area contributed by atoms with Gasteiger partial charge in [-0.05, 0) is 24.6 Å². The molecule has 0 amide bonds. The Hall–Kier alpha value is -2.23. The molecule has 0 saturated heterocycles. The van der Waals surface area contributed by atoms with Crippen molar-refractivity contribution >= 4 is 11.5 Å². The van der Waals surface area contributed by atoms with E-state index < -0.39 is 11.6 Å². The Morgan fingerprint density at radius 1 is 1.05 bits per heavy atom. The zero-order chi connectivity index (χ0) is 14.8. The highest BCUT2D eigenvalue weighted by atomic mass is 19.2. The molecule has 1 heterocycles. The molecular weight excluding hydrogens is 272 g/mol. The molecule has 2 aromatic rings. The predicted molar refractivity (Wildman–Crippen MR) is 77.4 cm³/mol. The molecule has 2 aromatic carbocycles. The van der Waals surface area contributed by atoms with Crippen LogP contribution in [0.25, 0.3) is 0 Å². The average molecular weight is 287 g/mol. The van der Waals surface area contributed by atoms with Gasteiger partial charge >= 0.3 is 0 Å². The average Bonchev–Trinajstić information content (AvgIpc) is 2.65. The van der Waals surface area contributed by atoms with Gasteiger partial charge in [-0.2, -0.15) is 0 Å². The van der Waals surface area contributed by atoms with E-state index in [4.69, 9.17) is 0 Å². The molecule has 0 radical (unpaired) electrons. The summed E-state index contributed by atoms with van der Waals surface area (Å²) in [4.78, 5) is 14.0. The fourth-order valence-electron chi connectivity index (χ4n) is 2.71. The summed E-state index contributed by atoms with van der Waals surface area (Å²) in [6.07, 6.45) is 1.20. The van der Waals surface area contributed by atoms with E-state index in [1.54, 1.807) is 12.1 Å². The lowest BCUT2D eigenvalue weighted by molar-refractivity contribution is 0.0984. The van der Waals surface area contributed by atoms with Crippen molar-refractivity contribution in [3.05, 3.63) is 65.2 Å². The summed E-state index contributed by atoms with van der Waals surface area (Å²) in [6, 6.07) is 11.5. The first-order valence-corrected chi connectivity index (χ1v) is 6.97. The number of rotatable bonds is 2. The lowest BCUT2D eigenvalue weighted by Gasteiger charge is -2.24. The summed E-state index contributed by atoms with van der Waals surface area (Å²) in [6.45, 7) is 0.909. The Labute approximate surface area is 122 Å². The molecule has 0 saturated carbocycles. The van der Waals surface area contributed by atoms with Crippen molar-refractivity contribution in [1.82, 2.24) is 0 Å². The SMILES string of the molecule is O=C1CCCN(Cc2cccc(F)c2F)c2ccccc21. The molecule has 21 heavy (non-hydrogen) atoms. The van der Waals surface area contributed by atoms with E-state index >= 15 is 0 Å². The van der Waals surface area contributed by atoms with Gasteiger partial charge in [-0.1, -0.05) is 24.3 Å². The van der Waals surface area contributed by atoms with Crippen LogP contribution < -0.4 is 4.90 Å². The Morgan fingerprint density at radius 2 is 1.86 bits per heavy atom. The fraction of sp³-hybridized carbons (Fsp3) is 0.235. The number of benzene rings is 2. The highest BCUT2D eigenvalue weighted by Gasteiger charge is 2.21. The monoisotopic (exact) mass is 287 g/mol. The molecule has 1 aliphatic rings. The number of halogens is 2. The third-order valence-corrected chi connectivity index (χ3v) is 3.77. The van der Waals surface area contributed by atoms with E-state index in [2.05, 4.69) is 0 Å². The standard InChI is InChI=1S/C17H15F2NO/c18-14-7-3-5-12(17(14)19)11-20-10-4-9-16(21)13-6-1-2-8-15(13)20/h1-3,5-8H,4,9-11H2. The minimum absolute atomic E-state index is 0.104. The van der Waals surface area contributed by atoms with Gasteiger partial charge in [0.2, 0.25) is 0 Å². The van der Waals surface area contributed by atoms with Crippen molar-refractivity contribution in [2.24, 2.45) is 0 Å². The Bertz CT molecular complexity index is 684. The number of ketones is 1. The maximum absolute atomic E-state index is 13.8. The van der Waals surface area contributed by atoms with Gasteiger partial charge in [0.1, 0.15) is 0 Å². The first kappa shape index (κ1) is 13.7. The van der Waals surface area contributed by atoms with Crippen molar-refractivity contribution in [2.45, 2.75) is 19.4 Å². The molecule has 1 aliphatic heterocycles. The van der Waals surface area contributed by atoms with Crippen LogP contribution in [0.5, 0.6) is 0 Å². The molecule has 0 N–H and O–H groups in total. The smallest absolute Gasteiger partial charge is 0.165 e. The largest absolute Gasteiger partial charge is 0.366 e. The van der Waals surface area contributed by atoms with E-state index in [1.165, 1.54) is 6.07 Å². The predicted octanol–water partition coefficient (Wildman–Crippen LogP) is 3.95. The van der Waals surface area contributed by atoms with E-state index in [9.17, 15) is 13.6 Å². The van der Waals surface area contributed by atoms with Crippen LogP contribution in [0.1, 0.15) is 28.8 Å². The van der Waals surface area contributed by atoms with Crippen molar-refractivity contribution in [1.29, 1.82) is 0 Å². The van der Waals surface area contributed by atoms with Gasteiger partial charge in [-0.15, -0.1) is 0 Å². The summed E-state index contributed by atoms with van der Waals surface area (Å²) in [5, 5.41) is 0. The highest BCUT2D eigenvalue weighted by Crippen LogP contribution is 2.28. The third kappa shape index (κ3) is 2.66. The number of anilines is 1. The molecule has 0 spiro atoms. The Kier molecular flexibility index (Phi) is 3.69. The number of fused-ring (bicyclic) bond motifs is 1. The molecule has 0 unspecified atom stereocenters. The van der Waals surface area contributed by atoms with Crippen molar-refractivity contribution in [2.75, 3.05) is 11.4 Å². The van der Waals surface area contributed by atoms with Crippen LogP contribution in [-0.4, -0.2) is 12.3 Å². The topological polar surface area (TPSA) is 20.3 Å². The molecule has 0 atom stereocenters. The quantitative estimate of drug-likeness (QED) is 0.833. The van der Waals surface area contributed by atoms with Gasteiger partial charge in [0, 0.05) is 36.3 Å². The third-order valence-electron chi connectivity index (χ3n) is 3.77. The number of para-hydroxylation sites is 1. The van der Waals surface area contributed by atoms with E-state index in [0.717, 1.165) is 11.8 Å². The van der Waals surface area contributed by atoms with Gasteiger partial charge in [-0.3, -0.25) is 4.79 Å². The van der Waals surface area contributed by atoms with E-state index in [-0.39, 0.29) is 12.3 Å². The van der Waals surface area contributed by atoms with Crippen LogP contribution in [0.4, 0.5) is 14.5 Å². The van der Waals surface area contributed by atoms with Crippen LogP contribution in [0.15, 0.2) is 42.5 Å². The molecular formula is C17H15F2NO. The number of Topliss-reactive ketones (excluding diaryl/α,β-unsaturated/α-hetero) is 1. The van der Waals surface area contributed by atoms with Gasteiger partial charge in [0.25, 0.3) is 0 Å². The van der Waals surface area contributed by atoms with Gasteiger partial charge < -0.3 is 4.90 Å². The number of carbonyl (C=O) groups is 1. The summed E-state index contributed by atoms with van der Waals surface area (Å²) in [5.41, 5.74) is 1.76. The summed E-state index contributed by atoms with van der Waals surface area (Å²) in [7, 11) is 0. The van der Waals surface area contributed by atoms with Crippen molar-refractivity contribution < 1.29 is 13.6 Å². The minimum atomic E-state index is -0.841. The van der Waals surface area contributed by atoms with Crippen molar-refractivity contribution in [3.63, 3.8) is 0 Å². The van der Waals surface area contributed by atoms with Crippen LogP contribution in [0.3, 0.4) is 0 Å². The highest BCUT2D eigenvalue weighted by molar-refractivity contribution is 6.01. The summed E-state index contributed by atoms with van der Waals surface area (Å²) < 4.78 is 27.2. The van der Waals surface area contributed by atoms with Gasteiger partial charge in [0.15, 0.2) is 17.4 Å². The lowest BCUT2D eigenvalue weighted by atomic mass is 10.1. The first-order chi connectivity index (χ1) is 10.2. The minimum Gasteiger partial charge on any atom is -0.366 e. The normalized spacial score (nSPS) is 14.8. The van der Waals surface area contributed by atoms with Crippen LogP contribution in [0.2, 0.25) is 0 Å². The second kappa shape index (κ2) is 5.64. The first-order valence-electron chi connectivity index (χ1n) is 6.97. The van der Waals surface area contributed by atoms with Crippen molar-refractivity contribution in [3.8, 4) is 0 Å². The van der Waals surface area contributed by atoms with E-state index in [0.29, 0.717) is 30.5 Å². The van der Waals surface area contributed by atoms with Crippen LogP contribution >= 0.6 is 0 Å². The number of nitrogens with zero attached hydrogens (tertiary/aromatic N) is 1. The number of hydrogen-bond acceptors (Lipinski definition) is 2. The molecule has 0 aliphatic carbocycles. The van der Waals surface area contributed by atoms with Crippen LogP contribution in [0, 0.1) is 11.6 Å². The second-order valence-corrected chi connectivity index (χ2v) is 5.18. The zero-order valence-electron chi connectivity index (χ0n) is 11.5. The maximum atomic E-state index is 13.8. The molecule has 0 bridgehead atoms. The number of carbonyl (C=O) groups excluding carboxylic acids is 1. The second-order valence-electron chi connectivity index (χ2n) is 5.18. The van der Waals surface area contributed by atoms with Crippen LogP contribution in [-0.2, 0) is 6.54 Å². The van der Waals surface area contributed by atoms with Gasteiger partial charge in [0.05, 0.1) is 0 Å². The lowest BCUT2D eigenvalue weighted by Crippen LogP contribution is -2.24. The molecule has 0 aromatic heterocycles. The zero-order valence-corrected chi connectivity index (χ0v) is 11.5. The Morgan fingerprint density at radius 3 is 2.71 bits per heavy atom. The fourth-order valence-corrected chi connectivity index (χ4v) is 2.71. The maximum Gasteiger partial charge on any atom is 0.165 e.